The Morgan fingerprint density at radius 1 is 0.656 bits per heavy atom. The third-order valence-corrected chi connectivity index (χ3v) is 4.82. The predicted octanol–water partition coefficient (Wildman–Crippen LogP) is 3.38. The maximum Gasteiger partial charge on any atom is 0.307 e. The second-order valence-corrected chi connectivity index (χ2v) is 7.27. The first-order valence-electron chi connectivity index (χ1n) is 11.4. The molecule has 0 aromatic carbocycles. The Labute approximate surface area is 189 Å². The number of carbonyl (C=O) groups excluding carboxylic acids is 4. The van der Waals surface area contributed by atoms with Gasteiger partial charge in [0.2, 0.25) is 12.4 Å². The van der Waals surface area contributed by atoms with Crippen molar-refractivity contribution < 1.29 is 42.9 Å². The van der Waals surface area contributed by atoms with Gasteiger partial charge >= 0.3 is 23.9 Å². The lowest BCUT2D eigenvalue weighted by atomic mass is 9.94. The van der Waals surface area contributed by atoms with Crippen LogP contribution >= 0.6 is 0 Å². The molecule has 1 rings (SSSR count). The summed E-state index contributed by atoms with van der Waals surface area (Å²) in [5.74, 6) is -2.26. The minimum absolute atomic E-state index is 0.0457. The molecule has 0 saturated carbocycles. The Balaban J connectivity index is 3.37. The van der Waals surface area contributed by atoms with Crippen molar-refractivity contribution in [3.8, 4) is 0 Å². The van der Waals surface area contributed by atoms with Crippen molar-refractivity contribution >= 4 is 23.9 Å². The lowest BCUT2D eigenvalue weighted by Crippen LogP contribution is -2.62. The van der Waals surface area contributed by atoms with Crippen LogP contribution in [0.1, 0.15) is 79.6 Å². The summed E-state index contributed by atoms with van der Waals surface area (Å²) in [4.78, 5) is 48.5. The molecule has 0 aliphatic carbocycles. The molecule has 1 saturated heterocycles. The van der Waals surface area contributed by atoms with E-state index in [4.69, 9.17) is 23.7 Å². The third kappa shape index (κ3) is 8.61. The summed E-state index contributed by atoms with van der Waals surface area (Å²) >= 11 is 0. The van der Waals surface area contributed by atoms with E-state index in [9.17, 15) is 19.2 Å². The number of hydrogen-bond donors (Lipinski definition) is 0. The molecule has 182 valence electrons. The summed E-state index contributed by atoms with van der Waals surface area (Å²) < 4.78 is 28.0. The number of esters is 4. The molecule has 0 spiro atoms. The average Bonchev–Trinajstić information content (AvgIpc) is 2.79. The fraction of sp³-hybridized carbons (Fsp3) is 0.739. The van der Waals surface area contributed by atoms with E-state index in [0.717, 1.165) is 6.42 Å². The highest BCUT2D eigenvalue weighted by atomic mass is 16.7. The summed E-state index contributed by atoms with van der Waals surface area (Å²) in [7, 11) is 0. The van der Waals surface area contributed by atoms with Gasteiger partial charge in [0.05, 0.1) is 0 Å². The number of allylic oxidation sites excluding steroid dienone is 2. The van der Waals surface area contributed by atoms with Crippen LogP contribution in [0.5, 0.6) is 0 Å². The molecule has 0 bridgehead atoms. The number of carbonyl (C=O) groups is 4. The standard InChI is InChI=1S/C23H36O9/c1-6-11-12-13-14-15-20(29-16(24)7-2)21(30-17(25)8-3)22(31-18(26)9-4)23(28-15)32-19(27)10-5/h11-12,15,20-23H,6-10,13-14H2,1-5H3/b12-11+/t15-,20-,21+,22-,23-/m1/s1. The van der Waals surface area contributed by atoms with Gasteiger partial charge in [0.1, 0.15) is 6.10 Å². The van der Waals surface area contributed by atoms with Gasteiger partial charge in [0.15, 0.2) is 12.2 Å². The Morgan fingerprint density at radius 3 is 1.62 bits per heavy atom. The quantitative estimate of drug-likeness (QED) is 0.248. The van der Waals surface area contributed by atoms with Gasteiger partial charge in [-0.15, -0.1) is 0 Å². The number of ether oxygens (including phenoxy) is 5. The highest BCUT2D eigenvalue weighted by molar-refractivity contribution is 5.72. The molecule has 1 fully saturated rings. The van der Waals surface area contributed by atoms with Crippen LogP contribution in [0.15, 0.2) is 12.2 Å². The van der Waals surface area contributed by atoms with Gasteiger partial charge in [0, 0.05) is 25.7 Å². The van der Waals surface area contributed by atoms with Crippen molar-refractivity contribution in [2.24, 2.45) is 0 Å². The molecule has 0 aromatic heterocycles. The summed E-state index contributed by atoms with van der Waals surface area (Å²) in [6, 6.07) is 0. The zero-order valence-corrected chi connectivity index (χ0v) is 19.7. The van der Waals surface area contributed by atoms with Gasteiger partial charge in [0.25, 0.3) is 0 Å². The second kappa shape index (κ2) is 14.6. The molecule has 0 unspecified atom stereocenters. The van der Waals surface area contributed by atoms with Crippen molar-refractivity contribution in [2.45, 2.75) is 110 Å². The Hall–Kier alpha value is -2.42. The predicted molar refractivity (Wildman–Crippen MR) is 114 cm³/mol. The van der Waals surface area contributed by atoms with Crippen LogP contribution < -0.4 is 0 Å². The van der Waals surface area contributed by atoms with E-state index in [1.165, 1.54) is 0 Å². The minimum atomic E-state index is -1.30. The maximum atomic E-state index is 12.2. The highest BCUT2D eigenvalue weighted by Gasteiger charge is 2.53. The van der Waals surface area contributed by atoms with E-state index >= 15 is 0 Å². The molecule has 0 N–H and O–H groups in total. The molecule has 0 radical (unpaired) electrons. The van der Waals surface area contributed by atoms with E-state index in [1.54, 1.807) is 27.7 Å². The van der Waals surface area contributed by atoms with Crippen LogP contribution in [0.4, 0.5) is 0 Å². The summed E-state index contributed by atoms with van der Waals surface area (Å²) in [6.07, 6.45) is 0.576. The van der Waals surface area contributed by atoms with Crippen LogP contribution in [0.3, 0.4) is 0 Å². The summed E-state index contributed by atoms with van der Waals surface area (Å²) in [5.41, 5.74) is 0. The van der Waals surface area contributed by atoms with E-state index < -0.39 is 54.6 Å². The SMILES string of the molecule is CC/C=C/CC[C@H]1O[C@H](OC(=O)CC)[C@H](OC(=O)CC)[C@@H](OC(=O)CC)[C@@H]1OC(=O)CC. The highest BCUT2D eigenvalue weighted by Crippen LogP contribution is 2.32. The molecule has 0 amide bonds. The van der Waals surface area contributed by atoms with Gasteiger partial charge in [-0.05, 0) is 19.3 Å². The van der Waals surface area contributed by atoms with E-state index in [-0.39, 0.29) is 25.7 Å². The first-order chi connectivity index (χ1) is 15.3. The molecule has 9 nitrogen and oxygen atoms in total. The molecule has 9 heteroatoms. The van der Waals surface area contributed by atoms with Crippen LogP contribution in [-0.2, 0) is 42.9 Å². The van der Waals surface area contributed by atoms with E-state index in [0.29, 0.717) is 12.8 Å². The number of rotatable bonds is 12. The van der Waals surface area contributed by atoms with Crippen molar-refractivity contribution in [3.63, 3.8) is 0 Å². The largest absolute Gasteiger partial charge is 0.455 e. The van der Waals surface area contributed by atoms with Crippen LogP contribution in [0.25, 0.3) is 0 Å². The minimum Gasteiger partial charge on any atom is -0.455 e. The molecule has 0 aromatic rings. The van der Waals surface area contributed by atoms with Gasteiger partial charge in [-0.3, -0.25) is 19.2 Å². The fourth-order valence-electron chi connectivity index (χ4n) is 3.07. The molecular formula is C23H36O9. The van der Waals surface area contributed by atoms with Crippen LogP contribution in [0, 0.1) is 0 Å². The zero-order chi connectivity index (χ0) is 24.1. The van der Waals surface area contributed by atoms with Crippen molar-refractivity contribution in [2.75, 3.05) is 0 Å². The van der Waals surface area contributed by atoms with Gasteiger partial charge in [-0.2, -0.15) is 0 Å². The molecular weight excluding hydrogens is 420 g/mol. The third-order valence-electron chi connectivity index (χ3n) is 4.82. The van der Waals surface area contributed by atoms with Crippen LogP contribution in [-0.4, -0.2) is 54.6 Å². The Bertz CT molecular complexity index is 658. The van der Waals surface area contributed by atoms with E-state index in [2.05, 4.69) is 0 Å². The summed E-state index contributed by atoms with van der Waals surface area (Å²) in [6.45, 7) is 8.48. The lowest BCUT2D eigenvalue weighted by Gasteiger charge is -2.44. The van der Waals surface area contributed by atoms with Crippen LogP contribution in [0.2, 0.25) is 0 Å². The molecule has 32 heavy (non-hydrogen) atoms. The Morgan fingerprint density at radius 2 is 1.12 bits per heavy atom. The maximum absolute atomic E-state index is 12.2. The number of hydrogen-bond acceptors (Lipinski definition) is 9. The van der Waals surface area contributed by atoms with Crippen molar-refractivity contribution in [1.82, 2.24) is 0 Å². The molecule has 1 aliphatic rings. The topological polar surface area (TPSA) is 114 Å². The van der Waals surface area contributed by atoms with Crippen molar-refractivity contribution in [3.05, 3.63) is 12.2 Å². The second-order valence-electron chi connectivity index (χ2n) is 7.27. The normalized spacial score (nSPS) is 25.2. The molecule has 1 heterocycles. The zero-order valence-electron chi connectivity index (χ0n) is 19.7. The van der Waals surface area contributed by atoms with Crippen molar-refractivity contribution in [1.29, 1.82) is 0 Å². The summed E-state index contributed by atoms with van der Waals surface area (Å²) in [5, 5.41) is 0. The smallest absolute Gasteiger partial charge is 0.307 e. The Kier molecular flexibility index (Phi) is 12.6. The lowest BCUT2D eigenvalue weighted by molar-refractivity contribution is -0.297. The monoisotopic (exact) mass is 456 g/mol. The van der Waals surface area contributed by atoms with Gasteiger partial charge in [-0.1, -0.05) is 46.8 Å². The molecule has 1 aliphatic heterocycles. The first kappa shape index (κ1) is 27.6. The average molecular weight is 457 g/mol. The first-order valence-corrected chi connectivity index (χ1v) is 11.4. The van der Waals surface area contributed by atoms with Gasteiger partial charge in [-0.25, -0.2) is 0 Å². The fourth-order valence-corrected chi connectivity index (χ4v) is 3.07. The molecule has 5 atom stereocenters. The van der Waals surface area contributed by atoms with Gasteiger partial charge < -0.3 is 23.7 Å². The van der Waals surface area contributed by atoms with E-state index in [1.807, 2.05) is 19.1 Å².